The molecule has 27 heavy (non-hydrogen) atoms. The summed E-state index contributed by atoms with van der Waals surface area (Å²) in [6.07, 6.45) is 0.249. The zero-order chi connectivity index (χ0) is 19.9. The lowest BCUT2D eigenvalue weighted by Crippen LogP contribution is -2.54. The van der Waals surface area contributed by atoms with E-state index in [1.807, 2.05) is 20.8 Å². The molecule has 2 unspecified atom stereocenters. The number of benzene rings is 1. The largest absolute Gasteiger partial charge is 0.324 e. The number of fused-ring (bicyclic) bond motifs is 1. The van der Waals surface area contributed by atoms with Gasteiger partial charge in [-0.1, -0.05) is 6.07 Å². The van der Waals surface area contributed by atoms with Crippen molar-refractivity contribution in [3.05, 3.63) is 34.9 Å². The van der Waals surface area contributed by atoms with Gasteiger partial charge in [0.15, 0.2) is 0 Å². The van der Waals surface area contributed by atoms with Crippen LogP contribution in [0.5, 0.6) is 0 Å². The number of hydrogen-bond donors (Lipinski definition) is 3. The molecular formula is C19H24N4O4. The van der Waals surface area contributed by atoms with Crippen molar-refractivity contribution in [3.8, 4) is 0 Å². The van der Waals surface area contributed by atoms with Crippen molar-refractivity contribution in [2.45, 2.75) is 57.8 Å². The number of imide groups is 2. The second-order valence-electron chi connectivity index (χ2n) is 7.75. The minimum Gasteiger partial charge on any atom is -0.324 e. The van der Waals surface area contributed by atoms with E-state index >= 15 is 0 Å². The second kappa shape index (κ2) is 6.86. The van der Waals surface area contributed by atoms with Crippen molar-refractivity contribution in [1.29, 1.82) is 0 Å². The normalized spacial score (nSPS) is 21.3. The Morgan fingerprint density at radius 1 is 1.22 bits per heavy atom. The van der Waals surface area contributed by atoms with Gasteiger partial charge in [0, 0.05) is 24.5 Å². The molecule has 0 bridgehead atoms. The van der Waals surface area contributed by atoms with Gasteiger partial charge in [-0.25, -0.2) is 0 Å². The van der Waals surface area contributed by atoms with Crippen molar-refractivity contribution in [2.24, 2.45) is 5.73 Å². The van der Waals surface area contributed by atoms with Crippen LogP contribution in [0.25, 0.3) is 0 Å². The molecule has 0 saturated carbocycles. The Labute approximate surface area is 157 Å². The molecule has 1 aromatic carbocycles. The Morgan fingerprint density at radius 2 is 1.89 bits per heavy atom. The second-order valence-corrected chi connectivity index (χ2v) is 7.75. The quantitative estimate of drug-likeness (QED) is 0.639. The minimum atomic E-state index is -0.949. The molecule has 3 rings (SSSR count). The molecule has 0 radical (unpaired) electrons. The van der Waals surface area contributed by atoms with Crippen LogP contribution >= 0.6 is 0 Å². The number of carbonyl (C=O) groups excluding carboxylic acids is 4. The highest BCUT2D eigenvalue weighted by atomic mass is 16.2. The first kappa shape index (κ1) is 19.2. The molecule has 1 fully saturated rings. The van der Waals surface area contributed by atoms with E-state index in [1.54, 1.807) is 18.2 Å². The molecule has 4 amide bonds. The van der Waals surface area contributed by atoms with E-state index in [4.69, 9.17) is 5.73 Å². The molecule has 1 aromatic rings. The third kappa shape index (κ3) is 3.63. The van der Waals surface area contributed by atoms with E-state index in [-0.39, 0.29) is 30.0 Å². The summed E-state index contributed by atoms with van der Waals surface area (Å²) in [5.74, 6) is -2.00. The van der Waals surface area contributed by atoms with Gasteiger partial charge in [0.2, 0.25) is 11.8 Å². The molecule has 2 aliphatic rings. The molecule has 0 aliphatic carbocycles. The van der Waals surface area contributed by atoms with Gasteiger partial charge in [-0.15, -0.1) is 0 Å². The van der Waals surface area contributed by atoms with E-state index in [1.165, 1.54) is 0 Å². The van der Waals surface area contributed by atoms with Gasteiger partial charge >= 0.3 is 0 Å². The Morgan fingerprint density at radius 3 is 2.52 bits per heavy atom. The van der Waals surface area contributed by atoms with Gasteiger partial charge in [-0.2, -0.15) is 0 Å². The lowest BCUT2D eigenvalue weighted by atomic mass is 9.97. The Balaban J connectivity index is 1.78. The number of carbonyl (C=O) groups is 4. The topological polar surface area (TPSA) is 122 Å². The maximum atomic E-state index is 12.8. The molecule has 2 aliphatic heterocycles. The maximum Gasteiger partial charge on any atom is 0.262 e. The van der Waals surface area contributed by atoms with Gasteiger partial charge in [0.05, 0.1) is 11.1 Å². The molecule has 0 aromatic heterocycles. The highest BCUT2D eigenvalue weighted by Crippen LogP contribution is 2.28. The summed E-state index contributed by atoms with van der Waals surface area (Å²) in [5.41, 5.74) is 7.07. The van der Waals surface area contributed by atoms with Crippen LogP contribution in [0.1, 0.15) is 59.9 Å². The van der Waals surface area contributed by atoms with Gasteiger partial charge in [-0.3, -0.25) is 29.4 Å². The third-order valence-corrected chi connectivity index (χ3v) is 5.23. The van der Waals surface area contributed by atoms with Crippen LogP contribution < -0.4 is 16.4 Å². The van der Waals surface area contributed by atoms with E-state index in [2.05, 4.69) is 10.6 Å². The first-order valence-corrected chi connectivity index (χ1v) is 8.96. The van der Waals surface area contributed by atoms with E-state index < -0.39 is 35.2 Å². The SMILES string of the molecule is CC(NCc1ccc2c(c1)C(=O)N(C1CCC(=O)NC1=O)C2=O)C(C)(C)N. The van der Waals surface area contributed by atoms with Gasteiger partial charge < -0.3 is 11.1 Å². The number of amides is 4. The Bertz CT molecular complexity index is 827. The smallest absolute Gasteiger partial charge is 0.262 e. The van der Waals surface area contributed by atoms with E-state index in [0.717, 1.165) is 10.5 Å². The number of nitrogens with one attached hydrogen (secondary N) is 2. The summed E-state index contributed by atoms with van der Waals surface area (Å²) in [4.78, 5) is 49.8. The maximum absolute atomic E-state index is 12.8. The summed E-state index contributed by atoms with van der Waals surface area (Å²) < 4.78 is 0. The number of hydrogen-bond acceptors (Lipinski definition) is 6. The number of nitrogens with two attached hydrogens (primary N) is 1. The average molecular weight is 372 g/mol. The predicted molar refractivity (Wildman–Crippen MR) is 97.7 cm³/mol. The number of nitrogens with zero attached hydrogens (tertiary/aromatic N) is 1. The standard InChI is InChI=1S/C19H24N4O4/c1-10(19(2,3)20)21-9-11-4-5-12-13(8-11)18(27)23(17(12)26)14-6-7-15(24)22-16(14)25/h4-5,8,10,14,21H,6-7,9,20H2,1-3H3,(H,22,24,25). The van der Waals surface area contributed by atoms with Gasteiger partial charge in [0.1, 0.15) is 6.04 Å². The molecule has 8 nitrogen and oxygen atoms in total. The highest BCUT2D eigenvalue weighted by Gasteiger charge is 2.44. The molecule has 0 spiro atoms. The summed E-state index contributed by atoms with van der Waals surface area (Å²) >= 11 is 0. The Hall–Kier alpha value is -2.58. The average Bonchev–Trinajstić information content (AvgIpc) is 2.83. The fourth-order valence-corrected chi connectivity index (χ4v) is 3.16. The number of rotatable bonds is 5. The van der Waals surface area contributed by atoms with Gasteiger partial charge in [-0.05, 0) is 44.9 Å². The zero-order valence-corrected chi connectivity index (χ0v) is 15.7. The third-order valence-electron chi connectivity index (χ3n) is 5.23. The molecule has 8 heteroatoms. The van der Waals surface area contributed by atoms with Crippen LogP contribution in [-0.4, -0.2) is 46.2 Å². The molecule has 1 saturated heterocycles. The minimum absolute atomic E-state index is 0.0445. The van der Waals surface area contributed by atoms with Crippen LogP contribution in [0.2, 0.25) is 0 Å². The van der Waals surface area contributed by atoms with E-state index in [9.17, 15) is 19.2 Å². The fourth-order valence-electron chi connectivity index (χ4n) is 3.16. The summed E-state index contributed by atoms with van der Waals surface area (Å²) in [7, 11) is 0. The zero-order valence-electron chi connectivity index (χ0n) is 15.7. The lowest BCUT2D eigenvalue weighted by molar-refractivity contribution is -0.136. The molecular weight excluding hydrogens is 348 g/mol. The van der Waals surface area contributed by atoms with Crippen LogP contribution in [-0.2, 0) is 16.1 Å². The van der Waals surface area contributed by atoms with Crippen LogP contribution in [0.4, 0.5) is 0 Å². The highest BCUT2D eigenvalue weighted by molar-refractivity contribution is 6.23. The lowest BCUT2D eigenvalue weighted by Gasteiger charge is -2.28. The van der Waals surface area contributed by atoms with Gasteiger partial charge in [0.25, 0.3) is 11.8 Å². The Kier molecular flexibility index (Phi) is 4.88. The molecule has 4 N–H and O–H groups in total. The van der Waals surface area contributed by atoms with Crippen molar-refractivity contribution < 1.29 is 19.2 Å². The fraction of sp³-hybridized carbons (Fsp3) is 0.474. The monoisotopic (exact) mass is 372 g/mol. The molecule has 2 atom stereocenters. The van der Waals surface area contributed by atoms with Crippen molar-refractivity contribution in [1.82, 2.24) is 15.5 Å². The molecule has 144 valence electrons. The summed E-state index contributed by atoms with van der Waals surface area (Å²) in [5, 5.41) is 5.49. The first-order valence-electron chi connectivity index (χ1n) is 8.96. The molecule has 2 heterocycles. The van der Waals surface area contributed by atoms with Crippen molar-refractivity contribution >= 4 is 23.6 Å². The van der Waals surface area contributed by atoms with Crippen molar-refractivity contribution in [3.63, 3.8) is 0 Å². The summed E-state index contributed by atoms with van der Waals surface area (Å²) in [6, 6.07) is 4.15. The van der Waals surface area contributed by atoms with Crippen LogP contribution in [0.15, 0.2) is 18.2 Å². The summed E-state index contributed by atoms with van der Waals surface area (Å²) in [6.45, 7) is 6.32. The van der Waals surface area contributed by atoms with Crippen LogP contribution in [0.3, 0.4) is 0 Å². The van der Waals surface area contributed by atoms with Crippen molar-refractivity contribution in [2.75, 3.05) is 0 Å². The predicted octanol–water partition coefficient (Wildman–Crippen LogP) is 0.303. The first-order chi connectivity index (χ1) is 12.6. The number of piperidine rings is 1. The van der Waals surface area contributed by atoms with E-state index in [0.29, 0.717) is 6.54 Å². The van der Waals surface area contributed by atoms with Crippen LogP contribution in [0, 0.1) is 0 Å².